The molecule has 10 heteroatoms. The maximum Gasteiger partial charge on any atom is 0.410 e. The standard InChI is InChI=1S/C20H34N6O3S/c1-20(2,3)29-19(28)26-13-11-25(12-14-26)10-9-21-17(27)22-18-24-23-16(30-18)15-7-5-4-6-8-15/h15H,4-14H2,1-3H3,(H2,21,22,24,27). The molecule has 2 heterocycles. The molecule has 3 rings (SSSR count). The van der Waals surface area contributed by atoms with Crippen LogP contribution in [0.2, 0.25) is 0 Å². The van der Waals surface area contributed by atoms with E-state index in [9.17, 15) is 9.59 Å². The molecule has 168 valence electrons. The Labute approximate surface area is 182 Å². The van der Waals surface area contributed by atoms with Gasteiger partial charge in [-0.15, -0.1) is 10.2 Å². The van der Waals surface area contributed by atoms with Gasteiger partial charge in [-0.05, 0) is 33.6 Å². The minimum atomic E-state index is -0.477. The number of nitrogens with one attached hydrogen (secondary N) is 2. The maximum atomic E-state index is 12.1. The number of rotatable bonds is 5. The smallest absolute Gasteiger partial charge is 0.410 e. The van der Waals surface area contributed by atoms with Crippen molar-refractivity contribution in [3.8, 4) is 0 Å². The Kier molecular flexibility index (Phi) is 7.87. The molecule has 9 nitrogen and oxygen atoms in total. The highest BCUT2D eigenvalue weighted by molar-refractivity contribution is 7.15. The van der Waals surface area contributed by atoms with Crippen molar-refractivity contribution >= 4 is 28.6 Å². The van der Waals surface area contributed by atoms with Crippen LogP contribution in [0.1, 0.15) is 63.8 Å². The molecular formula is C20H34N6O3S. The molecule has 1 aromatic rings. The molecule has 3 amide bonds. The molecule has 2 aliphatic rings. The molecule has 0 spiro atoms. The summed E-state index contributed by atoms with van der Waals surface area (Å²) in [6.07, 6.45) is 5.88. The van der Waals surface area contributed by atoms with Crippen molar-refractivity contribution in [1.29, 1.82) is 0 Å². The second-order valence-electron chi connectivity index (χ2n) is 8.97. The summed E-state index contributed by atoms with van der Waals surface area (Å²) in [6, 6.07) is -0.256. The predicted octanol–water partition coefficient (Wildman–Crippen LogP) is 3.26. The summed E-state index contributed by atoms with van der Waals surface area (Å²) in [4.78, 5) is 28.2. The van der Waals surface area contributed by atoms with Crippen molar-refractivity contribution in [2.24, 2.45) is 0 Å². The first-order chi connectivity index (χ1) is 14.3. The number of carbonyl (C=O) groups excluding carboxylic acids is 2. The molecule has 0 aromatic carbocycles. The van der Waals surface area contributed by atoms with E-state index < -0.39 is 5.60 Å². The van der Waals surface area contributed by atoms with E-state index in [1.807, 2.05) is 20.8 Å². The molecule has 1 saturated heterocycles. The second kappa shape index (κ2) is 10.4. The minimum absolute atomic E-state index is 0.256. The second-order valence-corrected chi connectivity index (χ2v) is 9.98. The minimum Gasteiger partial charge on any atom is -0.444 e. The first-order valence-corrected chi connectivity index (χ1v) is 11.7. The van der Waals surface area contributed by atoms with Crippen LogP contribution in [0.3, 0.4) is 0 Å². The van der Waals surface area contributed by atoms with E-state index in [1.54, 1.807) is 4.90 Å². The number of amides is 3. The number of urea groups is 1. The molecule has 2 N–H and O–H groups in total. The van der Waals surface area contributed by atoms with Gasteiger partial charge in [0.25, 0.3) is 0 Å². The lowest BCUT2D eigenvalue weighted by Crippen LogP contribution is -2.51. The highest BCUT2D eigenvalue weighted by Crippen LogP contribution is 2.35. The molecule has 1 aromatic heterocycles. The topological polar surface area (TPSA) is 99.7 Å². The molecule has 2 fully saturated rings. The van der Waals surface area contributed by atoms with Gasteiger partial charge in [-0.25, -0.2) is 9.59 Å². The number of piperazine rings is 1. The van der Waals surface area contributed by atoms with Gasteiger partial charge in [-0.2, -0.15) is 0 Å². The van der Waals surface area contributed by atoms with Gasteiger partial charge >= 0.3 is 12.1 Å². The van der Waals surface area contributed by atoms with Crippen molar-refractivity contribution in [3.05, 3.63) is 5.01 Å². The lowest BCUT2D eigenvalue weighted by atomic mass is 9.90. The fourth-order valence-corrected chi connectivity index (χ4v) is 4.66. The van der Waals surface area contributed by atoms with E-state index in [-0.39, 0.29) is 12.1 Å². The summed E-state index contributed by atoms with van der Waals surface area (Å²) in [5, 5.41) is 15.6. The number of nitrogens with zero attached hydrogens (tertiary/aromatic N) is 4. The SMILES string of the molecule is CC(C)(C)OC(=O)N1CCN(CCNC(=O)Nc2nnc(C3CCCCC3)s2)CC1. The van der Waals surface area contributed by atoms with E-state index in [0.29, 0.717) is 30.7 Å². The molecular weight excluding hydrogens is 404 g/mol. The number of aromatic nitrogens is 2. The summed E-state index contributed by atoms with van der Waals surface area (Å²) in [7, 11) is 0. The van der Waals surface area contributed by atoms with Crippen LogP contribution in [0.5, 0.6) is 0 Å². The normalized spacial score (nSPS) is 18.8. The lowest BCUT2D eigenvalue weighted by Gasteiger charge is -2.35. The van der Waals surface area contributed by atoms with Crippen LogP contribution in [0.25, 0.3) is 0 Å². The summed E-state index contributed by atoms with van der Waals surface area (Å²) in [6.45, 7) is 9.69. The molecule has 0 radical (unpaired) electrons. The predicted molar refractivity (Wildman–Crippen MR) is 117 cm³/mol. The van der Waals surface area contributed by atoms with E-state index in [2.05, 4.69) is 25.7 Å². The third-order valence-corrected chi connectivity index (χ3v) is 6.35. The first-order valence-electron chi connectivity index (χ1n) is 10.9. The average molecular weight is 439 g/mol. The van der Waals surface area contributed by atoms with Crippen LogP contribution in [0.15, 0.2) is 0 Å². The van der Waals surface area contributed by atoms with E-state index in [1.165, 1.54) is 43.4 Å². The van der Waals surface area contributed by atoms with Crippen molar-refractivity contribution in [1.82, 2.24) is 25.3 Å². The van der Waals surface area contributed by atoms with Gasteiger partial charge < -0.3 is 15.0 Å². The largest absolute Gasteiger partial charge is 0.444 e. The van der Waals surface area contributed by atoms with Crippen LogP contribution in [-0.2, 0) is 4.74 Å². The Hall–Kier alpha value is -1.94. The van der Waals surface area contributed by atoms with Crippen molar-refractivity contribution in [2.45, 2.75) is 64.4 Å². The Morgan fingerprint density at radius 1 is 1.10 bits per heavy atom. The number of carbonyl (C=O) groups is 2. The van der Waals surface area contributed by atoms with Gasteiger partial charge in [-0.3, -0.25) is 10.2 Å². The number of ether oxygens (including phenoxy) is 1. The van der Waals surface area contributed by atoms with E-state index in [0.717, 1.165) is 24.6 Å². The van der Waals surface area contributed by atoms with Crippen molar-refractivity contribution in [3.63, 3.8) is 0 Å². The highest BCUT2D eigenvalue weighted by atomic mass is 32.1. The highest BCUT2D eigenvalue weighted by Gasteiger charge is 2.25. The van der Waals surface area contributed by atoms with Gasteiger partial charge in [0.15, 0.2) is 0 Å². The van der Waals surface area contributed by atoms with Gasteiger partial charge in [0, 0.05) is 45.2 Å². The maximum absolute atomic E-state index is 12.1. The van der Waals surface area contributed by atoms with Gasteiger partial charge in [0.05, 0.1) is 0 Å². The fourth-order valence-electron chi connectivity index (χ4n) is 3.75. The third kappa shape index (κ3) is 7.09. The van der Waals surface area contributed by atoms with Crippen LogP contribution in [-0.4, -0.2) is 77.0 Å². The quantitative estimate of drug-likeness (QED) is 0.732. The monoisotopic (exact) mass is 438 g/mol. The van der Waals surface area contributed by atoms with Crippen LogP contribution < -0.4 is 10.6 Å². The zero-order chi connectivity index (χ0) is 21.6. The molecule has 0 unspecified atom stereocenters. The van der Waals surface area contributed by atoms with Crippen LogP contribution in [0.4, 0.5) is 14.7 Å². The summed E-state index contributed by atoms with van der Waals surface area (Å²) in [5.41, 5.74) is -0.477. The van der Waals surface area contributed by atoms with Crippen LogP contribution in [0, 0.1) is 0 Å². The van der Waals surface area contributed by atoms with Gasteiger partial charge in [0.1, 0.15) is 10.6 Å². The van der Waals surface area contributed by atoms with E-state index in [4.69, 9.17) is 4.74 Å². The summed E-state index contributed by atoms with van der Waals surface area (Å²) < 4.78 is 5.42. The Morgan fingerprint density at radius 3 is 2.47 bits per heavy atom. The van der Waals surface area contributed by atoms with E-state index >= 15 is 0 Å². The fraction of sp³-hybridized carbons (Fsp3) is 0.800. The molecule has 1 saturated carbocycles. The molecule has 0 atom stereocenters. The Bertz CT molecular complexity index is 706. The van der Waals surface area contributed by atoms with Gasteiger partial charge in [0.2, 0.25) is 5.13 Å². The Balaban J connectivity index is 1.32. The summed E-state index contributed by atoms with van der Waals surface area (Å²) >= 11 is 1.48. The van der Waals surface area contributed by atoms with Crippen molar-refractivity contribution < 1.29 is 14.3 Å². The zero-order valence-corrected chi connectivity index (χ0v) is 19.1. The molecule has 1 aliphatic carbocycles. The average Bonchev–Trinajstić information content (AvgIpc) is 3.16. The Morgan fingerprint density at radius 2 is 1.80 bits per heavy atom. The van der Waals surface area contributed by atoms with Crippen LogP contribution >= 0.6 is 11.3 Å². The number of hydrogen-bond acceptors (Lipinski definition) is 7. The molecule has 1 aliphatic heterocycles. The summed E-state index contributed by atoms with van der Waals surface area (Å²) in [5.74, 6) is 0.495. The molecule has 30 heavy (non-hydrogen) atoms. The third-order valence-electron chi connectivity index (χ3n) is 5.35. The lowest BCUT2D eigenvalue weighted by molar-refractivity contribution is 0.0147. The van der Waals surface area contributed by atoms with Crippen molar-refractivity contribution in [2.75, 3.05) is 44.6 Å². The van der Waals surface area contributed by atoms with Gasteiger partial charge in [-0.1, -0.05) is 30.6 Å². The number of anilines is 1. The molecule has 0 bridgehead atoms. The number of hydrogen-bond donors (Lipinski definition) is 2. The zero-order valence-electron chi connectivity index (χ0n) is 18.3. The first kappa shape index (κ1) is 22.7.